The zero-order chi connectivity index (χ0) is 25.1. The highest BCUT2D eigenvalue weighted by atomic mass is 32.2. The minimum absolute atomic E-state index is 0.0601. The molecular formula is C26H27F3N2O3S. The molecule has 5 nitrogen and oxygen atoms in total. The fourth-order valence-corrected chi connectivity index (χ4v) is 6.07. The summed E-state index contributed by atoms with van der Waals surface area (Å²) >= 11 is 0. The molecule has 4 rings (SSSR count). The monoisotopic (exact) mass is 504 g/mol. The number of ether oxygens (including phenoxy) is 1. The third kappa shape index (κ3) is 5.79. The first-order valence-electron chi connectivity index (χ1n) is 11.3. The number of hydrogen-bond donors (Lipinski definition) is 0. The van der Waals surface area contributed by atoms with Gasteiger partial charge in [-0.3, -0.25) is 9.21 Å². The minimum atomic E-state index is -4.50. The van der Waals surface area contributed by atoms with Gasteiger partial charge < -0.3 is 4.74 Å². The van der Waals surface area contributed by atoms with Crippen LogP contribution in [-0.4, -0.2) is 39.6 Å². The van der Waals surface area contributed by atoms with Crippen LogP contribution in [0.5, 0.6) is 5.75 Å². The van der Waals surface area contributed by atoms with Gasteiger partial charge in [-0.1, -0.05) is 30.3 Å². The van der Waals surface area contributed by atoms with Crippen LogP contribution in [0.4, 0.5) is 18.9 Å². The quantitative estimate of drug-likeness (QED) is 0.422. The van der Waals surface area contributed by atoms with E-state index in [-0.39, 0.29) is 16.6 Å². The Morgan fingerprint density at radius 2 is 1.51 bits per heavy atom. The first-order chi connectivity index (χ1) is 16.7. The number of sulfonamides is 1. The minimum Gasteiger partial charge on any atom is -0.497 e. The second kappa shape index (κ2) is 10.3. The van der Waals surface area contributed by atoms with Crippen molar-refractivity contribution >= 4 is 15.7 Å². The van der Waals surface area contributed by atoms with Gasteiger partial charge in [-0.15, -0.1) is 0 Å². The summed E-state index contributed by atoms with van der Waals surface area (Å²) in [5, 5.41) is 0. The number of nitrogens with zero attached hydrogens (tertiary/aromatic N) is 2. The fourth-order valence-electron chi connectivity index (χ4n) is 4.36. The Balaban J connectivity index is 1.61. The number of likely N-dealkylation sites (tertiary alicyclic amines) is 1. The van der Waals surface area contributed by atoms with Crippen LogP contribution >= 0.6 is 0 Å². The Kier molecular flexibility index (Phi) is 7.37. The highest BCUT2D eigenvalue weighted by molar-refractivity contribution is 7.92. The summed E-state index contributed by atoms with van der Waals surface area (Å²) in [5.74, 6) is 0.513. The Morgan fingerprint density at radius 3 is 2.06 bits per heavy atom. The molecular weight excluding hydrogens is 477 g/mol. The fraction of sp³-hybridized carbons (Fsp3) is 0.308. The van der Waals surface area contributed by atoms with Gasteiger partial charge in [0.1, 0.15) is 5.75 Å². The maximum Gasteiger partial charge on any atom is 0.416 e. The molecule has 1 fully saturated rings. The molecule has 1 aliphatic heterocycles. The number of piperidine rings is 1. The highest BCUT2D eigenvalue weighted by Crippen LogP contribution is 2.35. The second-order valence-electron chi connectivity index (χ2n) is 8.51. The summed E-state index contributed by atoms with van der Waals surface area (Å²) in [7, 11) is -2.54. The lowest BCUT2D eigenvalue weighted by atomic mass is 10.0. The molecule has 0 spiro atoms. The van der Waals surface area contributed by atoms with Crippen molar-refractivity contribution in [2.45, 2.75) is 36.5 Å². The smallest absolute Gasteiger partial charge is 0.416 e. The predicted molar refractivity (Wildman–Crippen MR) is 129 cm³/mol. The molecule has 186 valence electrons. The zero-order valence-corrected chi connectivity index (χ0v) is 20.1. The third-order valence-electron chi connectivity index (χ3n) is 6.20. The molecule has 9 heteroatoms. The van der Waals surface area contributed by atoms with Crippen molar-refractivity contribution in [2.75, 3.05) is 24.5 Å². The summed E-state index contributed by atoms with van der Waals surface area (Å²) in [6.45, 7) is 2.11. The molecule has 0 saturated carbocycles. The number of halogens is 3. The number of anilines is 1. The lowest BCUT2D eigenvalue weighted by Gasteiger charge is -2.39. The summed E-state index contributed by atoms with van der Waals surface area (Å²) in [5.41, 5.74) is 0.576. The maximum absolute atomic E-state index is 13.7. The number of alkyl halides is 3. The van der Waals surface area contributed by atoms with Crippen molar-refractivity contribution in [1.82, 2.24) is 4.90 Å². The van der Waals surface area contributed by atoms with E-state index in [1.165, 1.54) is 41.2 Å². The van der Waals surface area contributed by atoms with Crippen molar-refractivity contribution < 1.29 is 26.3 Å². The van der Waals surface area contributed by atoms with Crippen LogP contribution in [0.15, 0.2) is 83.8 Å². The van der Waals surface area contributed by atoms with Gasteiger partial charge in [-0.05, 0) is 66.9 Å². The van der Waals surface area contributed by atoms with E-state index in [2.05, 4.69) is 17.0 Å². The first kappa shape index (κ1) is 25.1. The molecule has 0 unspecified atom stereocenters. The number of rotatable bonds is 7. The molecule has 0 radical (unpaired) electrons. The van der Waals surface area contributed by atoms with Gasteiger partial charge >= 0.3 is 6.18 Å². The summed E-state index contributed by atoms with van der Waals surface area (Å²) in [6.07, 6.45) is -3.38. The Labute approximate surface area is 203 Å². The van der Waals surface area contributed by atoms with Gasteiger partial charge in [0.15, 0.2) is 0 Å². The molecule has 0 atom stereocenters. The van der Waals surface area contributed by atoms with E-state index in [4.69, 9.17) is 4.74 Å². The lowest BCUT2D eigenvalue weighted by molar-refractivity contribution is -0.137. The molecule has 1 heterocycles. The number of methoxy groups -OCH3 is 1. The van der Waals surface area contributed by atoms with Gasteiger partial charge in [0, 0.05) is 25.7 Å². The van der Waals surface area contributed by atoms with E-state index in [0.29, 0.717) is 31.7 Å². The molecule has 0 bridgehead atoms. The van der Waals surface area contributed by atoms with E-state index >= 15 is 0 Å². The molecule has 3 aromatic rings. The Bertz CT molecular complexity index is 1210. The third-order valence-corrected chi connectivity index (χ3v) is 8.10. The lowest BCUT2D eigenvalue weighted by Crippen LogP contribution is -2.47. The van der Waals surface area contributed by atoms with Gasteiger partial charge in [-0.2, -0.15) is 13.2 Å². The first-order valence-corrected chi connectivity index (χ1v) is 12.7. The SMILES string of the molecule is COc1ccc(S(=O)(=O)N(c2ccc(C(F)(F)F)cc2)C2CCN(Cc3ccccc3)CC2)cc1. The normalized spacial score (nSPS) is 15.7. The van der Waals surface area contributed by atoms with Gasteiger partial charge in [0.05, 0.1) is 23.3 Å². The standard InChI is InChI=1S/C26H27F3N2O3S/c1-34-24-11-13-25(14-12-24)35(32,33)31(22-9-7-21(8-10-22)26(27,28)29)23-15-17-30(18-16-23)19-20-5-3-2-4-6-20/h2-14,23H,15-19H2,1H3. The molecule has 1 saturated heterocycles. The Hall–Kier alpha value is -3.04. The average molecular weight is 505 g/mol. The average Bonchev–Trinajstić information content (AvgIpc) is 2.85. The van der Waals surface area contributed by atoms with Crippen LogP contribution in [0.1, 0.15) is 24.0 Å². The van der Waals surface area contributed by atoms with Crippen molar-refractivity contribution in [2.24, 2.45) is 0 Å². The predicted octanol–water partition coefficient (Wildman–Crippen LogP) is 5.57. The van der Waals surface area contributed by atoms with Crippen LogP contribution in [0.3, 0.4) is 0 Å². The summed E-state index contributed by atoms with van der Waals surface area (Å²) < 4.78 is 73.2. The maximum atomic E-state index is 13.7. The topological polar surface area (TPSA) is 49.9 Å². The molecule has 0 aromatic heterocycles. The zero-order valence-electron chi connectivity index (χ0n) is 19.3. The van der Waals surface area contributed by atoms with E-state index < -0.39 is 21.8 Å². The summed E-state index contributed by atoms with van der Waals surface area (Å²) in [6, 6.07) is 20.0. The molecule has 0 amide bonds. The van der Waals surface area contributed by atoms with Crippen LogP contribution in [-0.2, 0) is 22.7 Å². The number of benzene rings is 3. The molecule has 3 aromatic carbocycles. The second-order valence-corrected chi connectivity index (χ2v) is 10.3. The molecule has 0 aliphatic carbocycles. The van der Waals surface area contributed by atoms with Crippen molar-refractivity contribution in [3.05, 3.63) is 90.0 Å². The van der Waals surface area contributed by atoms with E-state index in [0.717, 1.165) is 18.7 Å². The molecule has 0 N–H and O–H groups in total. The van der Waals surface area contributed by atoms with Crippen molar-refractivity contribution in [3.63, 3.8) is 0 Å². The highest BCUT2D eigenvalue weighted by Gasteiger charge is 2.35. The van der Waals surface area contributed by atoms with Crippen LogP contribution < -0.4 is 9.04 Å². The van der Waals surface area contributed by atoms with Crippen LogP contribution in [0.2, 0.25) is 0 Å². The molecule has 1 aliphatic rings. The van der Waals surface area contributed by atoms with Gasteiger partial charge in [0.25, 0.3) is 10.0 Å². The van der Waals surface area contributed by atoms with Crippen molar-refractivity contribution in [3.8, 4) is 5.75 Å². The van der Waals surface area contributed by atoms with Gasteiger partial charge in [-0.25, -0.2) is 8.42 Å². The molecule has 35 heavy (non-hydrogen) atoms. The van der Waals surface area contributed by atoms with Crippen molar-refractivity contribution in [1.29, 1.82) is 0 Å². The van der Waals surface area contributed by atoms with E-state index in [1.807, 2.05) is 18.2 Å². The number of hydrogen-bond acceptors (Lipinski definition) is 4. The van der Waals surface area contributed by atoms with E-state index in [1.54, 1.807) is 12.1 Å². The van der Waals surface area contributed by atoms with Gasteiger partial charge in [0.2, 0.25) is 0 Å². The largest absolute Gasteiger partial charge is 0.497 e. The Morgan fingerprint density at radius 1 is 0.914 bits per heavy atom. The van der Waals surface area contributed by atoms with Crippen LogP contribution in [0, 0.1) is 0 Å². The summed E-state index contributed by atoms with van der Waals surface area (Å²) in [4.78, 5) is 2.32. The van der Waals surface area contributed by atoms with Crippen LogP contribution in [0.25, 0.3) is 0 Å². The van der Waals surface area contributed by atoms with E-state index in [9.17, 15) is 21.6 Å².